The van der Waals surface area contributed by atoms with Crippen molar-refractivity contribution >= 4 is 44.1 Å². The Morgan fingerprint density at radius 3 is 2.67 bits per heavy atom. The summed E-state index contributed by atoms with van der Waals surface area (Å²) in [5.74, 6) is 0.602. The SMILES string of the molecule is CCCOc1ccc([C@@H]2C(=C(O)c3ccc4c(c3)C[C@H](C)O4)C(=O)C(=O)N2c2nc3ccc(OC)cc3s2)cc1OCC. The third-order valence-corrected chi connectivity index (χ3v) is 8.47. The maximum Gasteiger partial charge on any atom is 0.301 e. The summed E-state index contributed by atoms with van der Waals surface area (Å²) >= 11 is 1.27. The van der Waals surface area contributed by atoms with Gasteiger partial charge < -0.3 is 24.1 Å². The number of nitrogens with zero attached hydrogens (tertiary/aromatic N) is 2. The van der Waals surface area contributed by atoms with Crippen molar-refractivity contribution in [2.45, 2.75) is 45.8 Å². The van der Waals surface area contributed by atoms with E-state index in [1.807, 2.05) is 32.9 Å². The second-order valence-electron chi connectivity index (χ2n) is 10.4. The van der Waals surface area contributed by atoms with Gasteiger partial charge in [0.1, 0.15) is 23.4 Å². The van der Waals surface area contributed by atoms with Gasteiger partial charge in [0.25, 0.3) is 5.78 Å². The molecule has 1 fully saturated rings. The van der Waals surface area contributed by atoms with Crippen LogP contribution in [0.15, 0.2) is 60.2 Å². The van der Waals surface area contributed by atoms with E-state index in [0.717, 1.165) is 22.4 Å². The molecular formula is C33H32N2O7S. The third kappa shape index (κ3) is 5.16. The Bertz CT molecular complexity index is 1760. The van der Waals surface area contributed by atoms with Gasteiger partial charge in [-0.3, -0.25) is 14.5 Å². The fourth-order valence-corrected chi connectivity index (χ4v) is 6.51. The van der Waals surface area contributed by atoms with Crippen molar-refractivity contribution in [3.63, 3.8) is 0 Å². The van der Waals surface area contributed by atoms with Crippen molar-refractivity contribution < 1.29 is 33.6 Å². The number of aliphatic hydroxyl groups excluding tert-OH is 1. The molecule has 1 saturated heterocycles. The van der Waals surface area contributed by atoms with Crippen LogP contribution in [0.2, 0.25) is 0 Å². The highest BCUT2D eigenvalue weighted by atomic mass is 32.1. The molecule has 6 rings (SSSR count). The van der Waals surface area contributed by atoms with Crippen LogP contribution in [-0.2, 0) is 16.0 Å². The van der Waals surface area contributed by atoms with E-state index in [2.05, 4.69) is 0 Å². The van der Waals surface area contributed by atoms with Crippen LogP contribution in [0.3, 0.4) is 0 Å². The molecule has 9 nitrogen and oxygen atoms in total. The molecule has 2 atom stereocenters. The van der Waals surface area contributed by atoms with Crippen LogP contribution in [0.4, 0.5) is 5.13 Å². The number of Topliss-reactive ketones (excluding diaryl/α,β-unsaturated/α-hetero) is 1. The monoisotopic (exact) mass is 600 g/mol. The first-order valence-corrected chi connectivity index (χ1v) is 15.1. The van der Waals surface area contributed by atoms with Crippen LogP contribution in [-0.4, -0.2) is 48.2 Å². The van der Waals surface area contributed by atoms with Crippen LogP contribution >= 0.6 is 11.3 Å². The van der Waals surface area contributed by atoms with Gasteiger partial charge in [0.15, 0.2) is 16.6 Å². The Balaban J connectivity index is 1.53. The maximum absolute atomic E-state index is 13.8. The zero-order valence-electron chi connectivity index (χ0n) is 24.4. The minimum atomic E-state index is -0.967. The standard InChI is InChI=1S/C33H32N2O7S/c1-5-13-41-25-12-7-19(16-26(25)40-6-2)29-28(30(36)20-8-11-24-21(15-20)14-18(3)42-24)31(37)32(38)35(29)33-34-23-10-9-22(39-4)17-27(23)43-33/h7-12,15-18,29,36H,5-6,13-14H2,1-4H3/t18-,29+/m0/s1. The van der Waals surface area contributed by atoms with Gasteiger partial charge in [-0.05, 0) is 79.9 Å². The quantitative estimate of drug-likeness (QED) is 0.133. The summed E-state index contributed by atoms with van der Waals surface area (Å²) in [6.07, 6.45) is 1.52. The van der Waals surface area contributed by atoms with E-state index in [4.69, 9.17) is 23.9 Å². The molecular weight excluding hydrogens is 568 g/mol. The average Bonchev–Trinajstić information content (AvgIpc) is 3.67. The lowest BCUT2D eigenvalue weighted by Gasteiger charge is -2.24. The number of benzene rings is 3. The minimum Gasteiger partial charge on any atom is -0.507 e. The van der Waals surface area contributed by atoms with E-state index in [1.165, 1.54) is 16.2 Å². The number of amides is 1. The van der Waals surface area contributed by atoms with Crippen LogP contribution in [0.1, 0.15) is 49.9 Å². The number of hydrogen-bond acceptors (Lipinski definition) is 9. The van der Waals surface area contributed by atoms with Gasteiger partial charge in [-0.1, -0.05) is 24.3 Å². The summed E-state index contributed by atoms with van der Waals surface area (Å²) in [5.41, 5.74) is 2.56. The first kappa shape index (κ1) is 28.5. The highest BCUT2D eigenvalue weighted by molar-refractivity contribution is 7.22. The Morgan fingerprint density at radius 2 is 1.91 bits per heavy atom. The Labute approximate surface area is 253 Å². The zero-order chi connectivity index (χ0) is 30.2. The maximum atomic E-state index is 13.8. The molecule has 1 aromatic heterocycles. The van der Waals surface area contributed by atoms with Crippen LogP contribution in [0, 0.1) is 0 Å². The molecule has 43 heavy (non-hydrogen) atoms. The van der Waals surface area contributed by atoms with Crippen molar-refractivity contribution in [3.8, 4) is 23.0 Å². The number of ether oxygens (including phenoxy) is 4. The fourth-order valence-electron chi connectivity index (χ4n) is 5.49. The van der Waals surface area contributed by atoms with Crippen LogP contribution in [0.25, 0.3) is 16.0 Å². The highest BCUT2D eigenvalue weighted by Gasteiger charge is 2.48. The molecule has 3 aromatic carbocycles. The van der Waals surface area contributed by atoms with Crippen LogP contribution < -0.4 is 23.8 Å². The molecule has 1 N–H and O–H groups in total. The van der Waals surface area contributed by atoms with Crippen LogP contribution in [0.5, 0.6) is 23.0 Å². The van der Waals surface area contributed by atoms with Crippen molar-refractivity contribution in [1.29, 1.82) is 0 Å². The molecule has 222 valence electrons. The second-order valence-corrected chi connectivity index (χ2v) is 11.5. The molecule has 1 amide bonds. The molecule has 4 aromatic rings. The topological polar surface area (TPSA) is 107 Å². The lowest BCUT2D eigenvalue weighted by atomic mass is 9.94. The van der Waals surface area contributed by atoms with Gasteiger partial charge in [0.2, 0.25) is 0 Å². The van der Waals surface area contributed by atoms with E-state index in [-0.39, 0.29) is 17.4 Å². The first-order valence-electron chi connectivity index (χ1n) is 14.3. The molecule has 3 heterocycles. The number of hydrogen-bond donors (Lipinski definition) is 1. The zero-order valence-corrected chi connectivity index (χ0v) is 25.2. The molecule has 0 bridgehead atoms. The number of thiazole rings is 1. The Hall–Kier alpha value is -4.57. The molecule has 2 aliphatic heterocycles. The number of rotatable bonds is 9. The number of aliphatic hydroxyl groups is 1. The van der Waals surface area contributed by atoms with Gasteiger partial charge in [0, 0.05) is 12.0 Å². The Morgan fingerprint density at radius 1 is 1.07 bits per heavy atom. The summed E-state index contributed by atoms with van der Waals surface area (Å²) in [6.45, 7) is 6.76. The number of anilines is 1. The highest BCUT2D eigenvalue weighted by Crippen LogP contribution is 2.46. The molecule has 0 saturated carbocycles. The van der Waals surface area contributed by atoms with E-state index in [9.17, 15) is 14.7 Å². The minimum absolute atomic E-state index is 0.0149. The van der Waals surface area contributed by atoms with E-state index in [1.54, 1.807) is 49.6 Å². The van der Waals surface area contributed by atoms with E-state index >= 15 is 0 Å². The van der Waals surface area contributed by atoms with Gasteiger partial charge in [-0.15, -0.1) is 0 Å². The average molecular weight is 601 g/mol. The van der Waals surface area contributed by atoms with Crippen molar-refractivity contribution in [2.24, 2.45) is 0 Å². The Kier molecular flexibility index (Phi) is 7.70. The summed E-state index contributed by atoms with van der Waals surface area (Å²) in [7, 11) is 1.58. The molecule has 10 heteroatoms. The predicted octanol–water partition coefficient (Wildman–Crippen LogP) is 6.44. The number of fused-ring (bicyclic) bond motifs is 2. The second kappa shape index (κ2) is 11.6. The molecule has 2 aliphatic rings. The van der Waals surface area contributed by atoms with Gasteiger partial charge in [-0.2, -0.15) is 0 Å². The van der Waals surface area contributed by atoms with E-state index < -0.39 is 17.7 Å². The molecule has 0 unspecified atom stereocenters. The molecule has 0 aliphatic carbocycles. The van der Waals surface area contributed by atoms with Crippen molar-refractivity contribution in [1.82, 2.24) is 4.98 Å². The van der Waals surface area contributed by atoms with Gasteiger partial charge >= 0.3 is 5.91 Å². The van der Waals surface area contributed by atoms with Gasteiger partial charge in [0.05, 0.1) is 42.2 Å². The largest absolute Gasteiger partial charge is 0.507 e. The normalized spacial score (nSPS) is 19.0. The lowest BCUT2D eigenvalue weighted by molar-refractivity contribution is -0.132. The van der Waals surface area contributed by atoms with Gasteiger partial charge in [-0.25, -0.2) is 4.98 Å². The third-order valence-electron chi connectivity index (χ3n) is 7.45. The fraction of sp³-hybridized carbons (Fsp3) is 0.303. The number of methoxy groups -OCH3 is 1. The first-order chi connectivity index (χ1) is 20.8. The summed E-state index contributed by atoms with van der Waals surface area (Å²) < 4.78 is 23.8. The summed E-state index contributed by atoms with van der Waals surface area (Å²) in [6, 6.07) is 15.1. The molecule has 0 radical (unpaired) electrons. The number of aromatic nitrogens is 1. The number of ketones is 1. The summed E-state index contributed by atoms with van der Waals surface area (Å²) in [5, 5.41) is 12.0. The van der Waals surface area contributed by atoms with Crippen molar-refractivity contribution in [3.05, 3.63) is 76.9 Å². The summed E-state index contributed by atoms with van der Waals surface area (Å²) in [4.78, 5) is 33.6. The number of carbonyl (C=O) groups is 2. The molecule has 0 spiro atoms. The number of carbonyl (C=O) groups excluding carboxylic acids is 2. The lowest BCUT2D eigenvalue weighted by Crippen LogP contribution is -2.29. The van der Waals surface area contributed by atoms with E-state index in [0.29, 0.717) is 58.7 Å². The smallest absolute Gasteiger partial charge is 0.301 e. The van der Waals surface area contributed by atoms with Crippen molar-refractivity contribution in [2.75, 3.05) is 25.2 Å². The predicted molar refractivity (Wildman–Crippen MR) is 165 cm³/mol.